The number of ether oxygens (including phenoxy) is 4. The predicted octanol–water partition coefficient (Wildman–Crippen LogP) is 15.8. The van der Waals surface area contributed by atoms with E-state index in [-0.39, 0.29) is 5.92 Å². The van der Waals surface area contributed by atoms with Crippen LogP contribution in [0.4, 0.5) is 0 Å². The smallest absolute Gasteiger partial charge is 0.387 e. The molecule has 0 bridgehead atoms. The van der Waals surface area contributed by atoms with Gasteiger partial charge in [-0.1, -0.05) is 122 Å². The van der Waals surface area contributed by atoms with Crippen LogP contribution in [0.25, 0.3) is 108 Å². The summed E-state index contributed by atoms with van der Waals surface area (Å²) in [7, 11) is 4.76. The zero-order valence-electron chi connectivity index (χ0n) is 36.5. The number of hydrogen-bond donors (Lipinski definition) is 0. The van der Waals surface area contributed by atoms with Crippen molar-refractivity contribution in [1.82, 2.24) is 0 Å². The molecule has 0 amide bonds. The third-order valence-corrected chi connectivity index (χ3v) is 14.3. The molecule has 0 aliphatic carbocycles. The van der Waals surface area contributed by atoms with Gasteiger partial charge in [0.2, 0.25) is 0 Å². The number of benzene rings is 11. The molecule has 12 aromatic rings. The van der Waals surface area contributed by atoms with Gasteiger partial charge >= 0.3 is 8.24 Å². The Labute approximate surface area is 374 Å². The van der Waals surface area contributed by atoms with Gasteiger partial charge in [-0.05, 0) is 85.1 Å². The van der Waals surface area contributed by atoms with Crippen molar-refractivity contribution in [1.29, 1.82) is 0 Å². The molecule has 0 fully saturated rings. The molecule has 0 aliphatic heterocycles. The van der Waals surface area contributed by atoms with E-state index in [1.54, 1.807) is 28.4 Å². The molecule has 0 unspecified atom stereocenters. The number of hydrogen-bond acceptors (Lipinski definition) is 7. The molecular formula is C57H43O7P. The number of fused-ring (bicyclic) bond motifs is 19. The highest BCUT2D eigenvalue weighted by Crippen LogP contribution is 2.52. The van der Waals surface area contributed by atoms with Crippen molar-refractivity contribution in [3.05, 3.63) is 157 Å². The normalized spacial score (nSPS) is 12.4. The minimum Gasteiger partial charge on any atom is -0.496 e. The molecule has 65 heavy (non-hydrogen) atoms. The molecular weight excluding hydrogens is 828 g/mol. The average molecular weight is 871 g/mol. The maximum Gasteiger partial charge on any atom is 0.387 e. The third kappa shape index (κ3) is 6.00. The molecule has 0 N–H and O–H groups in total. The summed E-state index contributed by atoms with van der Waals surface area (Å²) in [6.07, 6.45) is 0. The van der Waals surface area contributed by atoms with Gasteiger partial charge in [-0.2, -0.15) is 0 Å². The number of rotatable bonds is 8. The monoisotopic (exact) mass is 870 g/mol. The summed E-state index contributed by atoms with van der Waals surface area (Å²) >= 11 is 0. The molecule has 11 aromatic carbocycles. The summed E-state index contributed by atoms with van der Waals surface area (Å²) in [5, 5.41) is 17.7. The zero-order chi connectivity index (χ0) is 43.9. The van der Waals surface area contributed by atoms with Gasteiger partial charge in [-0.15, -0.1) is 0 Å². The van der Waals surface area contributed by atoms with Crippen molar-refractivity contribution in [2.75, 3.05) is 35.0 Å². The van der Waals surface area contributed by atoms with Crippen molar-refractivity contribution in [2.45, 2.75) is 12.8 Å². The second kappa shape index (κ2) is 15.4. The molecule has 0 aliphatic rings. The lowest BCUT2D eigenvalue weighted by molar-refractivity contribution is 0.349. The van der Waals surface area contributed by atoms with Crippen LogP contribution in [-0.2, 0) is 0 Å². The van der Waals surface area contributed by atoms with E-state index >= 15 is 0 Å². The molecule has 12 rings (SSSR count). The third-order valence-electron chi connectivity index (χ3n) is 13.3. The summed E-state index contributed by atoms with van der Waals surface area (Å²) in [5.74, 6) is 2.83. The van der Waals surface area contributed by atoms with Crippen LogP contribution < -0.4 is 23.5 Å². The Morgan fingerprint density at radius 1 is 0.385 bits per heavy atom. The van der Waals surface area contributed by atoms with Gasteiger partial charge in [0.05, 0.1) is 35.0 Å². The zero-order valence-corrected chi connectivity index (χ0v) is 37.4. The maximum atomic E-state index is 7.38. The average Bonchev–Trinajstić information content (AvgIpc) is 3.52. The SMILES string of the molecule is COc1cc2c3cc(OC)c4cc(OC)c5ccc6ccc7ccccc7c6c5c4c3op(OC[C@H](C)c3ccccc3)oc2c2c1cc(OC)c1ccc3ccc4ccccc4c3c12. The molecule has 0 radical (unpaired) electrons. The molecule has 0 saturated heterocycles. The van der Waals surface area contributed by atoms with Crippen LogP contribution in [-0.4, -0.2) is 35.0 Å². The molecule has 8 heteroatoms. The molecule has 7 nitrogen and oxygen atoms in total. The van der Waals surface area contributed by atoms with E-state index in [1.807, 2.05) is 6.07 Å². The Hall–Kier alpha value is -7.44. The van der Waals surface area contributed by atoms with E-state index in [0.29, 0.717) is 29.3 Å². The van der Waals surface area contributed by atoms with E-state index in [0.717, 1.165) is 114 Å². The van der Waals surface area contributed by atoms with Crippen LogP contribution in [0.2, 0.25) is 0 Å². The standard InChI is InChI=1S/C57H43O7P/c1-32(33-13-7-6-8-14-33)31-62-65-63-56-42(27-48(60-4)44-29-46(58-2)40-25-23-36-21-19-34-15-9-11-17-38(34)50(36)52(40)54(44)56)43-28-49(61-5)45-30-47(59-3)41-26-24-37-22-20-35-16-10-12-18-39(35)51(37)53(41)55(45)57(43)64-65/h6-30,32H,31H2,1-5H3/t32-/m0/s1. The van der Waals surface area contributed by atoms with Crippen LogP contribution in [0.5, 0.6) is 23.0 Å². The largest absolute Gasteiger partial charge is 0.496 e. The highest BCUT2D eigenvalue weighted by Gasteiger charge is 2.25. The Balaban J connectivity index is 1.35. The minimum absolute atomic E-state index is 0.0501. The van der Waals surface area contributed by atoms with Crippen molar-refractivity contribution in [3.63, 3.8) is 0 Å². The Morgan fingerprint density at radius 3 is 1.26 bits per heavy atom. The van der Waals surface area contributed by atoms with Gasteiger partial charge in [0, 0.05) is 59.8 Å². The second-order valence-corrected chi connectivity index (χ2v) is 17.7. The van der Waals surface area contributed by atoms with E-state index < -0.39 is 8.24 Å². The molecule has 1 atom stereocenters. The first-order valence-corrected chi connectivity index (χ1v) is 22.8. The summed E-state index contributed by atoms with van der Waals surface area (Å²) in [6.45, 7) is 2.52. The van der Waals surface area contributed by atoms with E-state index in [4.69, 9.17) is 31.9 Å². The van der Waals surface area contributed by atoms with Crippen LogP contribution in [0, 0.1) is 0 Å². The topological polar surface area (TPSA) is 72.4 Å². The van der Waals surface area contributed by atoms with Gasteiger partial charge in [0.15, 0.2) is 11.2 Å². The second-order valence-electron chi connectivity index (χ2n) is 16.7. The lowest BCUT2D eigenvalue weighted by Gasteiger charge is -2.17. The molecule has 0 spiro atoms. The highest BCUT2D eigenvalue weighted by molar-refractivity contribution is 7.31. The van der Waals surface area contributed by atoms with Crippen molar-refractivity contribution < 1.29 is 31.9 Å². The predicted molar refractivity (Wildman–Crippen MR) is 269 cm³/mol. The van der Waals surface area contributed by atoms with Gasteiger partial charge in [0.25, 0.3) is 0 Å². The highest BCUT2D eigenvalue weighted by atomic mass is 31.1. The van der Waals surface area contributed by atoms with Crippen LogP contribution in [0.15, 0.2) is 160 Å². The van der Waals surface area contributed by atoms with Gasteiger partial charge in [-0.25, -0.2) is 0 Å². The Morgan fingerprint density at radius 2 is 0.785 bits per heavy atom. The van der Waals surface area contributed by atoms with Gasteiger partial charge < -0.3 is 27.3 Å². The van der Waals surface area contributed by atoms with Crippen molar-refractivity contribution >= 4 is 116 Å². The first-order chi connectivity index (χ1) is 32.0. The van der Waals surface area contributed by atoms with Crippen molar-refractivity contribution in [2.24, 2.45) is 0 Å². The van der Waals surface area contributed by atoms with Crippen molar-refractivity contribution in [3.8, 4) is 23.0 Å². The number of methoxy groups -OCH3 is 4. The summed E-state index contributed by atoms with van der Waals surface area (Å²) < 4.78 is 46.8. The molecule has 1 aromatic heterocycles. The summed E-state index contributed by atoms with van der Waals surface area (Å²) in [4.78, 5) is 0. The summed E-state index contributed by atoms with van der Waals surface area (Å²) in [5.41, 5.74) is 2.41. The van der Waals surface area contributed by atoms with Crippen LogP contribution in [0.3, 0.4) is 0 Å². The van der Waals surface area contributed by atoms with Gasteiger partial charge in [-0.3, -0.25) is 4.52 Å². The fourth-order valence-corrected chi connectivity index (χ4v) is 11.3. The lowest BCUT2D eigenvalue weighted by Crippen LogP contribution is -2.05. The maximum absolute atomic E-state index is 7.38. The first-order valence-electron chi connectivity index (χ1n) is 21.7. The Bertz CT molecular complexity index is 3740. The van der Waals surface area contributed by atoms with E-state index in [2.05, 4.69) is 153 Å². The minimum atomic E-state index is -2.10. The summed E-state index contributed by atoms with van der Waals surface area (Å²) in [6, 6.07) is 53.0. The quantitative estimate of drug-likeness (QED) is 0.141. The van der Waals surface area contributed by atoms with E-state index in [9.17, 15) is 0 Å². The van der Waals surface area contributed by atoms with Crippen LogP contribution in [0.1, 0.15) is 18.4 Å². The fraction of sp³-hybridized carbons (Fsp3) is 0.123. The molecule has 318 valence electrons. The Kier molecular flexibility index (Phi) is 9.27. The fourth-order valence-electron chi connectivity index (χ4n) is 10.2. The molecule has 0 saturated carbocycles. The van der Waals surface area contributed by atoms with E-state index in [1.165, 1.54) is 0 Å². The first kappa shape index (κ1) is 39.2. The van der Waals surface area contributed by atoms with Crippen LogP contribution >= 0.6 is 8.24 Å². The van der Waals surface area contributed by atoms with Gasteiger partial charge in [0.1, 0.15) is 23.0 Å². The molecule has 1 heterocycles. The lowest BCUT2D eigenvalue weighted by atomic mass is 9.90.